The van der Waals surface area contributed by atoms with E-state index in [2.05, 4.69) is 6.92 Å². The second kappa shape index (κ2) is 8.18. The monoisotopic (exact) mass is 290 g/mol. The minimum Gasteiger partial charge on any atom is -0.494 e. The van der Waals surface area contributed by atoms with Gasteiger partial charge in [0.15, 0.2) is 5.78 Å². The number of rotatable bonds is 7. The Hall–Kier alpha value is -1.35. The van der Waals surface area contributed by atoms with Crippen LogP contribution in [0.5, 0.6) is 5.75 Å². The van der Waals surface area contributed by atoms with Gasteiger partial charge in [-0.15, -0.1) is 0 Å². The molecule has 0 radical (unpaired) electrons. The van der Waals surface area contributed by atoms with Gasteiger partial charge in [0.05, 0.1) is 6.61 Å². The number of carbonyl (C=O) groups is 1. The maximum Gasteiger partial charge on any atom is 0.191 e. The number of hydrogen-bond donors (Lipinski definition) is 0. The summed E-state index contributed by atoms with van der Waals surface area (Å²) in [4.78, 5) is 12.6. The molecule has 0 saturated heterocycles. The minimum atomic E-state index is -0.298. The summed E-state index contributed by atoms with van der Waals surface area (Å²) in [6.45, 7) is 2.78. The van der Waals surface area contributed by atoms with Crippen molar-refractivity contribution in [3.05, 3.63) is 29.8 Å². The molecule has 3 heteroatoms. The molecule has 0 N–H and O–H groups in total. The Balaban J connectivity index is 2.02. The summed E-state index contributed by atoms with van der Waals surface area (Å²) in [5, 5.41) is 0. The molecule has 0 spiro atoms. The summed E-state index contributed by atoms with van der Waals surface area (Å²) in [5.74, 6) is 1.29. The summed E-state index contributed by atoms with van der Waals surface area (Å²) in [6, 6.07) is 7.44. The zero-order valence-electron chi connectivity index (χ0n) is 13.1. The molecule has 1 unspecified atom stereocenters. The first kappa shape index (κ1) is 16.0. The van der Waals surface area contributed by atoms with Crippen LogP contribution in [0.4, 0.5) is 0 Å². The molecule has 1 fully saturated rings. The van der Waals surface area contributed by atoms with E-state index in [0.717, 1.165) is 30.6 Å². The highest BCUT2D eigenvalue weighted by Gasteiger charge is 2.30. The Morgan fingerprint density at radius 3 is 2.43 bits per heavy atom. The SMILES string of the molecule is CCCOc1ccc(C(=O)C(OC)C2CCCCC2)cc1. The molecule has 1 aliphatic rings. The molecule has 0 amide bonds. The molecule has 0 aromatic heterocycles. The van der Waals surface area contributed by atoms with Crippen LogP contribution < -0.4 is 4.74 Å². The van der Waals surface area contributed by atoms with Crippen molar-refractivity contribution in [1.29, 1.82) is 0 Å². The zero-order valence-corrected chi connectivity index (χ0v) is 13.1. The minimum absolute atomic E-state index is 0.103. The van der Waals surface area contributed by atoms with Crippen LogP contribution in [0.15, 0.2) is 24.3 Å². The fourth-order valence-corrected chi connectivity index (χ4v) is 3.05. The van der Waals surface area contributed by atoms with Gasteiger partial charge in [0.2, 0.25) is 0 Å². The van der Waals surface area contributed by atoms with E-state index >= 15 is 0 Å². The molecule has 116 valence electrons. The molecular weight excluding hydrogens is 264 g/mol. The summed E-state index contributed by atoms with van der Waals surface area (Å²) in [5.41, 5.74) is 0.719. The van der Waals surface area contributed by atoms with E-state index in [1.807, 2.05) is 24.3 Å². The average molecular weight is 290 g/mol. The summed E-state index contributed by atoms with van der Waals surface area (Å²) >= 11 is 0. The van der Waals surface area contributed by atoms with Gasteiger partial charge in [-0.05, 0) is 49.4 Å². The van der Waals surface area contributed by atoms with Crippen molar-refractivity contribution in [3.63, 3.8) is 0 Å². The number of methoxy groups -OCH3 is 1. The van der Waals surface area contributed by atoms with Crippen molar-refractivity contribution in [2.24, 2.45) is 5.92 Å². The normalized spacial score (nSPS) is 17.4. The highest BCUT2D eigenvalue weighted by molar-refractivity contribution is 5.99. The van der Waals surface area contributed by atoms with Crippen LogP contribution in [0.1, 0.15) is 55.8 Å². The van der Waals surface area contributed by atoms with E-state index in [1.54, 1.807) is 7.11 Å². The topological polar surface area (TPSA) is 35.5 Å². The van der Waals surface area contributed by atoms with Gasteiger partial charge in [-0.2, -0.15) is 0 Å². The largest absolute Gasteiger partial charge is 0.494 e. The summed E-state index contributed by atoms with van der Waals surface area (Å²) in [7, 11) is 1.65. The van der Waals surface area contributed by atoms with E-state index in [9.17, 15) is 4.79 Å². The van der Waals surface area contributed by atoms with Crippen LogP contribution in [0.3, 0.4) is 0 Å². The Bertz CT molecular complexity index is 432. The maximum atomic E-state index is 12.6. The third-order valence-electron chi connectivity index (χ3n) is 4.20. The molecule has 1 aliphatic carbocycles. The first-order valence-corrected chi connectivity index (χ1v) is 8.06. The first-order valence-electron chi connectivity index (χ1n) is 8.06. The number of ketones is 1. The molecule has 21 heavy (non-hydrogen) atoms. The predicted molar refractivity (Wildman–Crippen MR) is 83.9 cm³/mol. The lowest BCUT2D eigenvalue weighted by molar-refractivity contribution is 0.0314. The van der Waals surface area contributed by atoms with Crippen LogP contribution in [0.25, 0.3) is 0 Å². The van der Waals surface area contributed by atoms with Gasteiger partial charge in [-0.25, -0.2) is 0 Å². The molecule has 0 heterocycles. The Morgan fingerprint density at radius 1 is 1.19 bits per heavy atom. The Morgan fingerprint density at radius 2 is 1.86 bits per heavy atom. The molecule has 3 nitrogen and oxygen atoms in total. The number of carbonyl (C=O) groups excluding carboxylic acids is 1. The van der Waals surface area contributed by atoms with E-state index in [-0.39, 0.29) is 11.9 Å². The van der Waals surface area contributed by atoms with Gasteiger partial charge in [0.25, 0.3) is 0 Å². The van der Waals surface area contributed by atoms with Crippen LogP contribution in [0, 0.1) is 5.92 Å². The van der Waals surface area contributed by atoms with E-state index in [4.69, 9.17) is 9.47 Å². The molecular formula is C18H26O3. The van der Waals surface area contributed by atoms with Crippen LogP contribution in [-0.2, 0) is 4.74 Å². The first-order chi connectivity index (χ1) is 10.3. The van der Waals surface area contributed by atoms with E-state index < -0.39 is 0 Å². The average Bonchev–Trinajstić information content (AvgIpc) is 2.55. The third kappa shape index (κ3) is 4.31. The van der Waals surface area contributed by atoms with Gasteiger partial charge in [0, 0.05) is 12.7 Å². The lowest BCUT2D eigenvalue weighted by Crippen LogP contribution is -2.33. The number of Topliss-reactive ketones (excluding diaryl/α,β-unsaturated/α-hetero) is 1. The van der Waals surface area contributed by atoms with E-state index in [0.29, 0.717) is 12.5 Å². The van der Waals surface area contributed by atoms with Crippen molar-refractivity contribution < 1.29 is 14.3 Å². The summed E-state index contributed by atoms with van der Waals surface area (Å²) < 4.78 is 11.1. The van der Waals surface area contributed by atoms with Crippen molar-refractivity contribution in [2.45, 2.75) is 51.6 Å². The predicted octanol–water partition coefficient (Wildman–Crippen LogP) is 4.25. The second-order valence-corrected chi connectivity index (χ2v) is 5.79. The fourth-order valence-electron chi connectivity index (χ4n) is 3.05. The Kier molecular flexibility index (Phi) is 6.24. The zero-order chi connectivity index (χ0) is 15.1. The maximum absolute atomic E-state index is 12.6. The van der Waals surface area contributed by atoms with Gasteiger partial charge in [-0.1, -0.05) is 26.2 Å². The molecule has 2 rings (SSSR count). The molecule has 1 aromatic rings. The van der Waals surface area contributed by atoms with Crippen molar-refractivity contribution in [2.75, 3.05) is 13.7 Å². The standard InChI is InChI=1S/C18H26O3/c1-3-13-21-16-11-9-14(10-12-16)17(19)18(20-2)15-7-5-4-6-8-15/h9-12,15,18H,3-8,13H2,1-2H3. The molecule has 1 saturated carbocycles. The molecule has 0 bridgehead atoms. The van der Waals surface area contributed by atoms with Crippen LogP contribution >= 0.6 is 0 Å². The Labute approximate surface area is 127 Å². The smallest absolute Gasteiger partial charge is 0.191 e. The van der Waals surface area contributed by atoms with Crippen molar-refractivity contribution in [1.82, 2.24) is 0 Å². The van der Waals surface area contributed by atoms with Gasteiger partial charge >= 0.3 is 0 Å². The second-order valence-electron chi connectivity index (χ2n) is 5.79. The van der Waals surface area contributed by atoms with Gasteiger partial charge in [-0.3, -0.25) is 4.79 Å². The number of ether oxygens (including phenoxy) is 2. The van der Waals surface area contributed by atoms with Crippen molar-refractivity contribution >= 4 is 5.78 Å². The van der Waals surface area contributed by atoms with Crippen LogP contribution in [0.2, 0.25) is 0 Å². The van der Waals surface area contributed by atoms with Crippen LogP contribution in [-0.4, -0.2) is 25.6 Å². The van der Waals surface area contributed by atoms with E-state index in [1.165, 1.54) is 19.3 Å². The number of hydrogen-bond acceptors (Lipinski definition) is 3. The lowest BCUT2D eigenvalue weighted by Gasteiger charge is -2.28. The van der Waals surface area contributed by atoms with Gasteiger partial charge < -0.3 is 9.47 Å². The quantitative estimate of drug-likeness (QED) is 0.704. The lowest BCUT2D eigenvalue weighted by atomic mass is 9.82. The third-order valence-corrected chi connectivity index (χ3v) is 4.20. The number of benzene rings is 1. The van der Waals surface area contributed by atoms with Gasteiger partial charge in [0.1, 0.15) is 11.9 Å². The summed E-state index contributed by atoms with van der Waals surface area (Å²) in [6.07, 6.45) is 6.58. The molecule has 1 aromatic carbocycles. The highest BCUT2D eigenvalue weighted by atomic mass is 16.5. The fraction of sp³-hybridized carbons (Fsp3) is 0.611. The molecule has 0 aliphatic heterocycles. The highest BCUT2D eigenvalue weighted by Crippen LogP contribution is 2.29. The molecule has 1 atom stereocenters. The van der Waals surface area contributed by atoms with Crippen molar-refractivity contribution in [3.8, 4) is 5.75 Å².